The van der Waals surface area contributed by atoms with Gasteiger partial charge in [-0.05, 0) is 20.1 Å². The zero-order chi connectivity index (χ0) is 7.28. The van der Waals surface area contributed by atoms with Crippen LogP contribution in [0, 0.1) is 0 Å². The lowest BCUT2D eigenvalue weighted by atomic mass is 10.7. The number of carbonyl (C=O) groups excluding carboxylic acids is 1. The maximum atomic E-state index is 10.5. The van der Waals surface area contributed by atoms with E-state index >= 15 is 0 Å². The Bertz CT molecular complexity index is 144. The van der Waals surface area contributed by atoms with E-state index in [1.807, 2.05) is 0 Å². The van der Waals surface area contributed by atoms with E-state index in [-0.39, 0.29) is 0 Å². The van der Waals surface area contributed by atoms with Crippen molar-refractivity contribution in [2.45, 2.75) is 19.2 Å². The summed E-state index contributed by atoms with van der Waals surface area (Å²) in [6.07, 6.45) is 1.53. The third-order valence-corrected chi connectivity index (χ3v) is 1.77. The molecule has 2 unspecified atom stereocenters. The molecule has 0 aromatic rings. The van der Waals surface area contributed by atoms with Crippen LogP contribution in [0.3, 0.4) is 0 Å². The van der Waals surface area contributed by atoms with Crippen molar-refractivity contribution in [2.75, 3.05) is 0 Å². The second kappa shape index (κ2) is 4.38. The Morgan fingerprint density at radius 2 is 2.22 bits per heavy atom. The van der Waals surface area contributed by atoms with Gasteiger partial charge in [-0.3, -0.25) is 9.79 Å². The molecule has 2 atom stereocenters. The molecule has 0 radical (unpaired) electrons. The van der Waals surface area contributed by atoms with E-state index < -0.39 is 16.2 Å². The molecule has 3 nitrogen and oxygen atoms in total. The van der Waals surface area contributed by atoms with Crippen molar-refractivity contribution in [1.29, 1.82) is 0 Å². The topological polar surface area (TPSA) is 46.5 Å². The summed E-state index contributed by atoms with van der Waals surface area (Å²) < 4.78 is 10.5. The second-order valence-electron chi connectivity index (χ2n) is 1.43. The molecule has 0 saturated carbocycles. The highest BCUT2D eigenvalue weighted by Crippen LogP contribution is 1.92. The Balaban J connectivity index is 3.87. The van der Waals surface area contributed by atoms with Crippen molar-refractivity contribution in [3.8, 4) is 0 Å². The van der Waals surface area contributed by atoms with Crippen LogP contribution in [-0.2, 0) is 15.6 Å². The van der Waals surface area contributed by atoms with Gasteiger partial charge in [0.1, 0.15) is 16.2 Å². The van der Waals surface area contributed by atoms with Crippen LogP contribution in [0.1, 0.15) is 13.8 Å². The first kappa shape index (κ1) is 8.49. The Morgan fingerprint density at radius 3 is 2.56 bits per heavy atom. The van der Waals surface area contributed by atoms with Gasteiger partial charge in [-0.25, -0.2) is 4.21 Å². The van der Waals surface area contributed by atoms with Crippen LogP contribution in [-0.4, -0.2) is 21.4 Å². The van der Waals surface area contributed by atoms with Crippen molar-refractivity contribution in [3.05, 3.63) is 0 Å². The van der Waals surface area contributed by atoms with E-state index in [2.05, 4.69) is 4.99 Å². The molecule has 0 aliphatic rings. The van der Waals surface area contributed by atoms with Gasteiger partial charge in [0.05, 0.1) is 0 Å². The van der Waals surface area contributed by atoms with Crippen molar-refractivity contribution < 1.29 is 9.00 Å². The summed E-state index contributed by atoms with van der Waals surface area (Å²) in [5.74, 6) is 0. The molecular formula is C5H9NO2S. The van der Waals surface area contributed by atoms with E-state index in [4.69, 9.17) is 0 Å². The molecular weight excluding hydrogens is 138 g/mol. The molecule has 0 amide bonds. The molecule has 0 bridgehead atoms. The number of hydrogen-bond donors (Lipinski definition) is 0. The molecule has 0 aliphatic carbocycles. The first-order valence-electron chi connectivity index (χ1n) is 2.54. The predicted octanol–water partition coefficient (Wildman–Crippen LogP) is 0.362. The van der Waals surface area contributed by atoms with E-state index in [1.165, 1.54) is 6.21 Å². The lowest BCUT2D eigenvalue weighted by molar-refractivity contribution is 0.566. The van der Waals surface area contributed by atoms with Crippen molar-refractivity contribution in [3.63, 3.8) is 0 Å². The van der Waals surface area contributed by atoms with Crippen molar-refractivity contribution in [1.82, 2.24) is 0 Å². The van der Waals surface area contributed by atoms with Crippen LogP contribution in [0.15, 0.2) is 4.99 Å². The predicted molar refractivity (Wildman–Crippen MR) is 38.5 cm³/mol. The summed E-state index contributed by atoms with van der Waals surface area (Å²) in [6.45, 7) is 3.35. The monoisotopic (exact) mass is 147 g/mol. The normalized spacial score (nSPS) is 17.6. The number of hydrogen-bond acceptors (Lipinski definition) is 3. The molecule has 4 heteroatoms. The minimum absolute atomic E-state index is 0.396. The largest absolute Gasteiger partial charge is 0.288 e. The van der Waals surface area contributed by atoms with Gasteiger partial charge in [0.25, 0.3) is 0 Å². The molecule has 0 heterocycles. The first-order valence-corrected chi connectivity index (χ1v) is 3.82. The van der Waals surface area contributed by atoms with Gasteiger partial charge in [-0.15, -0.1) is 0 Å². The molecule has 0 aromatic carbocycles. The highest BCUT2D eigenvalue weighted by molar-refractivity contribution is 7.98. The number of aliphatic imine (C=N–C) groups is 1. The Hall–Kier alpha value is -0.510. The fourth-order valence-corrected chi connectivity index (χ4v) is 0.753. The fourth-order valence-electron chi connectivity index (χ4n) is 0.350. The third-order valence-electron chi connectivity index (χ3n) is 0.790. The maximum Gasteiger partial charge on any atom is 0.208 e. The molecule has 0 fully saturated rings. The van der Waals surface area contributed by atoms with Gasteiger partial charge in [0.2, 0.25) is 5.62 Å². The zero-order valence-corrected chi connectivity index (χ0v) is 6.22. The van der Waals surface area contributed by atoms with Gasteiger partial charge in [0, 0.05) is 0 Å². The van der Waals surface area contributed by atoms with Gasteiger partial charge >= 0.3 is 0 Å². The standard InChI is InChI=1S/C5H9NO2S/c1-3-6-5(2)9(8)4-7/h3-5H,1-2H3. The Morgan fingerprint density at radius 1 is 1.67 bits per heavy atom. The summed E-state index contributed by atoms with van der Waals surface area (Å²) in [5, 5.41) is -0.396. The van der Waals surface area contributed by atoms with Gasteiger partial charge < -0.3 is 0 Å². The minimum Gasteiger partial charge on any atom is -0.288 e. The Kier molecular flexibility index (Phi) is 4.13. The molecule has 52 valence electrons. The smallest absolute Gasteiger partial charge is 0.208 e. The van der Waals surface area contributed by atoms with Gasteiger partial charge in [0.15, 0.2) is 0 Å². The average molecular weight is 147 g/mol. The molecule has 0 saturated heterocycles. The average Bonchev–Trinajstić information content (AvgIpc) is 1.87. The maximum absolute atomic E-state index is 10.5. The fraction of sp³-hybridized carbons (Fsp3) is 0.600. The van der Waals surface area contributed by atoms with E-state index in [0.29, 0.717) is 5.62 Å². The molecule has 0 aliphatic heterocycles. The van der Waals surface area contributed by atoms with Crippen molar-refractivity contribution in [2.24, 2.45) is 4.99 Å². The van der Waals surface area contributed by atoms with Crippen LogP contribution in [0.25, 0.3) is 0 Å². The number of rotatable bonds is 3. The number of nitrogens with zero attached hydrogens (tertiary/aromatic N) is 1. The second-order valence-corrected chi connectivity index (χ2v) is 2.96. The summed E-state index contributed by atoms with van der Waals surface area (Å²) in [4.78, 5) is 13.6. The minimum atomic E-state index is -1.45. The zero-order valence-electron chi connectivity index (χ0n) is 5.40. The van der Waals surface area contributed by atoms with E-state index in [0.717, 1.165) is 0 Å². The lowest BCUT2D eigenvalue weighted by Crippen LogP contribution is -2.07. The summed E-state index contributed by atoms with van der Waals surface area (Å²) >= 11 is 0. The van der Waals surface area contributed by atoms with Gasteiger partial charge in [-0.2, -0.15) is 0 Å². The summed E-state index contributed by atoms with van der Waals surface area (Å²) in [5.41, 5.74) is 0.400. The highest BCUT2D eigenvalue weighted by atomic mass is 32.2. The Labute approximate surface area is 56.6 Å². The summed E-state index contributed by atoms with van der Waals surface area (Å²) in [7, 11) is -1.45. The van der Waals surface area contributed by atoms with Crippen molar-refractivity contribution >= 4 is 22.6 Å². The lowest BCUT2D eigenvalue weighted by Gasteiger charge is -1.95. The molecule has 0 spiro atoms. The highest BCUT2D eigenvalue weighted by Gasteiger charge is 2.04. The SMILES string of the molecule is CC=NC(C)S(=O)C=O. The van der Waals surface area contributed by atoms with Crippen LogP contribution < -0.4 is 0 Å². The summed E-state index contributed by atoms with van der Waals surface area (Å²) in [6, 6.07) is 0. The molecule has 0 rings (SSSR count). The quantitative estimate of drug-likeness (QED) is 0.427. The van der Waals surface area contributed by atoms with Crippen LogP contribution in [0.5, 0.6) is 0 Å². The molecule has 0 N–H and O–H groups in total. The van der Waals surface area contributed by atoms with Crippen LogP contribution in [0.4, 0.5) is 0 Å². The van der Waals surface area contributed by atoms with Crippen LogP contribution >= 0.6 is 0 Å². The van der Waals surface area contributed by atoms with Crippen LogP contribution in [0.2, 0.25) is 0 Å². The molecule has 9 heavy (non-hydrogen) atoms. The van der Waals surface area contributed by atoms with Gasteiger partial charge in [-0.1, -0.05) is 0 Å². The van der Waals surface area contributed by atoms with E-state index in [1.54, 1.807) is 13.8 Å². The first-order chi connectivity index (χ1) is 4.22. The third kappa shape index (κ3) is 3.13. The van der Waals surface area contributed by atoms with E-state index in [9.17, 15) is 9.00 Å². The number of carbonyl (C=O) groups is 1. The molecule has 0 aromatic heterocycles.